The third-order valence-electron chi connectivity index (χ3n) is 2.73. The number of nitrogens with zero attached hydrogens (tertiary/aromatic N) is 2. The zero-order chi connectivity index (χ0) is 8.60. The van der Waals surface area contributed by atoms with Crippen LogP contribution in [0.15, 0.2) is 18.6 Å². The largest absolute Gasteiger partial charge is 0.327 e. The minimum absolute atomic E-state index is 0.147. The van der Waals surface area contributed by atoms with Crippen molar-refractivity contribution in [3.63, 3.8) is 0 Å². The van der Waals surface area contributed by atoms with Crippen LogP contribution in [0.2, 0.25) is 0 Å². The smallest absolute Gasteiger partial charge is 0.0663 e. The fourth-order valence-corrected chi connectivity index (χ4v) is 1.64. The van der Waals surface area contributed by atoms with Crippen molar-refractivity contribution in [2.75, 3.05) is 0 Å². The molecule has 1 aliphatic carbocycles. The number of hydrogen-bond acceptors (Lipinski definition) is 3. The van der Waals surface area contributed by atoms with Crippen molar-refractivity contribution in [3.8, 4) is 0 Å². The molecule has 64 valence electrons. The molecule has 1 saturated carbocycles. The summed E-state index contributed by atoms with van der Waals surface area (Å²) in [7, 11) is 0. The van der Waals surface area contributed by atoms with Gasteiger partial charge in [-0.2, -0.15) is 0 Å². The van der Waals surface area contributed by atoms with Crippen molar-refractivity contribution in [1.29, 1.82) is 0 Å². The average molecular weight is 163 g/mol. The zero-order valence-electron chi connectivity index (χ0n) is 7.20. The topological polar surface area (TPSA) is 51.8 Å². The standard InChI is InChI=1S/C9H13N3/c1-7(10)9(2-3-9)8-6-11-4-5-12-8/h4-7H,2-3,10H2,1H3. The molecule has 3 heteroatoms. The minimum Gasteiger partial charge on any atom is -0.327 e. The Labute approximate surface area is 72.0 Å². The molecule has 3 nitrogen and oxygen atoms in total. The van der Waals surface area contributed by atoms with Gasteiger partial charge in [0.1, 0.15) is 0 Å². The third kappa shape index (κ3) is 1.01. The summed E-state index contributed by atoms with van der Waals surface area (Å²) in [4.78, 5) is 8.35. The maximum Gasteiger partial charge on any atom is 0.0663 e. The number of nitrogens with two attached hydrogens (primary N) is 1. The maximum absolute atomic E-state index is 5.90. The summed E-state index contributed by atoms with van der Waals surface area (Å²) in [5, 5.41) is 0. The van der Waals surface area contributed by atoms with Crippen molar-refractivity contribution in [1.82, 2.24) is 9.97 Å². The van der Waals surface area contributed by atoms with Crippen LogP contribution in [0, 0.1) is 0 Å². The summed E-state index contributed by atoms with van der Waals surface area (Å²) in [6.07, 6.45) is 7.57. The molecule has 0 saturated heterocycles. The Kier molecular flexibility index (Phi) is 1.61. The summed E-state index contributed by atoms with van der Waals surface area (Å²) in [6.45, 7) is 2.04. The molecule has 2 N–H and O–H groups in total. The summed E-state index contributed by atoms with van der Waals surface area (Å²) < 4.78 is 0. The first kappa shape index (κ1) is 7.68. The lowest BCUT2D eigenvalue weighted by Gasteiger charge is -2.17. The molecule has 0 bridgehead atoms. The Morgan fingerprint density at radius 2 is 2.25 bits per heavy atom. The molecule has 2 rings (SSSR count). The molecule has 0 spiro atoms. The molecule has 1 unspecified atom stereocenters. The van der Waals surface area contributed by atoms with Crippen LogP contribution in [0.3, 0.4) is 0 Å². The molecule has 0 aromatic carbocycles. The Morgan fingerprint density at radius 3 is 2.67 bits per heavy atom. The second kappa shape index (κ2) is 2.52. The second-order valence-electron chi connectivity index (χ2n) is 3.54. The molecular weight excluding hydrogens is 150 g/mol. The molecule has 1 aromatic rings. The predicted octanol–water partition coefficient (Wildman–Crippen LogP) is 0.855. The second-order valence-corrected chi connectivity index (χ2v) is 3.54. The number of rotatable bonds is 2. The van der Waals surface area contributed by atoms with Gasteiger partial charge in [-0.15, -0.1) is 0 Å². The first-order valence-electron chi connectivity index (χ1n) is 4.28. The molecular formula is C9H13N3. The van der Waals surface area contributed by atoms with Crippen LogP contribution in [0.4, 0.5) is 0 Å². The van der Waals surface area contributed by atoms with Gasteiger partial charge in [-0.05, 0) is 19.8 Å². The van der Waals surface area contributed by atoms with E-state index < -0.39 is 0 Å². The van der Waals surface area contributed by atoms with Crippen molar-refractivity contribution < 1.29 is 0 Å². The molecule has 0 aliphatic heterocycles. The van der Waals surface area contributed by atoms with Gasteiger partial charge in [0.2, 0.25) is 0 Å². The van der Waals surface area contributed by atoms with Crippen molar-refractivity contribution in [2.24, 2.45) is 5.73 Å². The van der Waals surface area contributed by atoms with E-state index in [0.29, 0.717) is 0 Å². The van der Waals surface area contributed by atoms with Crippen LogP contribution in [0.5, 0.6) is 0 Å². The van der Waals surface area contributed by atoms with E-state index in [2.05, 4.69) is 9.97 Å². The van der Waals surface area contributed by atoms with Gasteiger partial charge in [-0.3, -0.25) is 9.97 Å². The highest BCUT2D eigenvalue weighted by Gasteiger charge is 2.48. The fourth-order valence-electron chi connectivity index (χ4n) is 1.64. The minimum atomic E-state index is 0.147. The molecule has 1 fully saturated rings. The average Bonchev–Trinajstić information content (AvgIpc) is 2.86. The van der Waals surface area contributed by atoms with E-state index in [1.807, 2.05) is 13.1 Å². The Morgan fingerprint density at radius 1 is 1.50 bits per heavy atom. The maximum atomic E-state index is 5.90. The lowest BCUT2D eigenvalue weighted by atomic mass is 9.95. The first-order chi connectivity index (χ1) is 5.76. The highest BCUT2D eigenvalue weighted by atomic mass is 14.8. The molecule has 12 heavy (non-hydrogen) atoms. The van der Waals surface area contributed by atoms with Gasteiger partial charge in [-0.1, -0.05) is 0 Å². The summed E-state index contributed by atoms with van der Waals surface area (Å²) in [5.74, 6) is 0. The quantitative estimate of drug-likeness (QED) is 0.703. The molecule has 1 aliphatic rings. The van der Waals surface area contributed by atoms with E-state index in [4.69, 9.17) is 5.73 Å². The summed E-state index contributed by atoms with van der Waals surface area (Å²) in [5.41, 5.74) is 7.10. The first-order valence-corrected chi connectivity index (χ1v) is 4.28. The zero-order valence-corrected chi connectivity index (χ0v) is 7.20. The molecule has 1 atom stereocenters. The highest BCUT2D eigenvalue weighted by Crippen LogP contribution is 2.48. The van der Waals surface area contributed by atoms with Gasteiger partial charge >= 0.3 is 0 Å². The van der Waals surface area contributed by atoms with E-state index in [-0.39, 0.29) is 11.5 Å². The lowest BCUT2D eigenvalue weighted by Crippen LogP contribution is -2.32. The van der Waals surface area contributed by atoms with Gasteiger partial charge in [0.15, 0.2) is 0 Å². The van der Waals surface area contributed by atoms with Gasteiger partial charge in [-0.25, -0.2) is 0 Å². The highest BCUT2D eigenvalue weighted by molar-refractivity contribution is 5.24. The third-order valence-corrected chi connectivity index (χ3v) is 2.73. The number of aromatic nitrogens is 2. The Hall–Kier alpha value is -0.960. The number of hydrogen-bond donors (Lipinski definition) is 1. The van der Waals surface area contributed by atoms with Crippen LogP contribution < -0.4 is 5.73 Å². The Bertz CT molecular complexity index is 264. The molecule has 0 radical (unpaired) electrons. The van der Waals surface area contributed by atoms with E-state index in [1.54, 1.807) is 12.4 Å². The SMILES string of the molecule is CC(N)C1(c2cnccn2)CC1. The normalized spacial score (nSPS) is 21.8. The van der Waals surface area contributed by atoms with Crippen LogP contribution in [-0.2, 0) is 5.41 Å². The van der Waals surface area contributed by atoms with Gasteiger partial charge < -0.3 is 5.73 Å². The van der Waals surface area contributed by atoms with Crippen LogP contribution in [-0.4, -0.2) is 16.0 Å². The van der Waals surface area contributed by atoms with Crippen LogP contribution in [0.1, 0.15) is 25.5 Å². The molecule has 0 amide bonds. The monoisotopic (exact) mass is 163 g/mol. The van der Waals surface area contributed by atoms with Crippen molar-refractivity contribution in [2.45, 2.75) is 31.2 Å². The van der Waals surface area contributed by atoms with Crippen LogP contribution >= 0.6 is 0 Å². The van der Waals surface area contributed by atoms with E-state index in [9.17, 15) is 0 Å². The van der Waals surface area contributed by atoms with E-state index in [0.717, 1.165) is 18.5 Å². The molecule has 1 aromatic heterocycles. The van der Waals surface area contributed by atoms with Gasteiger partial charge in [0.25, 0.3) is 0 Å². The fraction of sp³-hybridized carbons (Fsp3) is 0.556. The van der Waals surface area contributed by atoms with Crippen molar-refractivity contribution in [3.05, 3.63) is 24.3 Å². The van der Waals surface area contributed by atoms with Gasteiger partial charge in [0.05, 0.1) is 5.69 Å². The van der Waals surface area contributed by atoms with Crippen molar-refractivity contribution >= 4 is 0 Å². The Balaban J connectivity index is 2.31. The summed E-state index contributed by atoms with van der Waals surface area (Å²) >= 11 is 0. The predicted molar refractivity (Wildman–Crippen MR) is 46.6 cm³/mol. The summed E-state index contributed by atoms with van der Waals surface area (Å²) in [6, 6.07) is 0.189. The lowest BCUT2D eigenvalue weighted by molar-refractivity contribution is 0.540. The van der Waals surface area contributed by atoms with E-state index in [1.165, 1.54) is 0 Å². The molecule has 1 heterocycles. The van der Waals surface area contributed by atoms with E-state index >= 15 is 0 Å². The van der Waals surface area contributed by atoms with Crippen LogP contribution in [0.25, 0.3) is 0 Å². The van der Waals surface area contributed by atoms with Gasteiger partial charge in [0, 0.05) is 30.0 Å².